The molecule has 5 rings (SSSR count). The number of carboxylic acids is 1. The van der Waals surface area contributed by atoms with Gasteiger partial charge in [0.1, 0.15) is 5.75 Å². The number of carboxylic acid groups (broad SMARTS) is 1. The molecule has 0 saturated carbocycles. The molecule has 5 aromatic carbocycles. The lowest BCUT2D eigenvalue weighted by molar-refractivity contribution is -0.128. The molecule has 0 aliphatic rings. The van der Waals surface area contributed by atoms with Gasteiger partial charge in [-0.2, -0.15) is 0 Å². The number of rotatable bonds is 6. The highest BCUT2D eigenvalue weighted by Crippen LogP contribution is 2.40. The molecule has 0 heterocycles. The van der Waals surface area contributed by atoms with E-state index in [0.717, 1.165) is 38.6 Å². The number of hydrogen-bond donors (Lipinski definition) is 1. The molecule has 0 aliphatic heterocycles. The van der Waals surface area contributed by atoms with Crippen molar-refractivity contribution >= 4 is 28.8 Å². The van der Waals surface area contributed by atoms with Crippen LogP contribution in [0.3, 0.4) is 0 Å². The smallest absolute Gasteiger partial charge is 0.336 e. The van der Waals surface area contributed by atoms with E-state index in [1.807, 2.05) is 97.1 Å². The van der Waals surface area contributed by atoms with Crippen molar-refractivity contribution in [3.63, 3.8) is 0 Å². The van der Waals surface area contributed by atoms with Gasteiger partial charge < -0.3 is 9.84 Å². The average molecular weight is 471 g/mol. The Bertz CT molecular complexity index is 1580. The fourth-order valence-corrected chi connectivity index (χ4v) is 4.26. The first-order valence-corrected chi connectivity index (χ1v) is 11.5. The Kier molecular flexibility index (Phi) is 6.41. The van der Waals surface area contributed by atoms with Gasteiger partial charge in [-0.15, -0.1) is 0 Å². The third-order valence-electron chi connectivity index (χ3n) is 5.93. The van der Waals surface area contributed by atoms with Crippen molar-refractivity contribution in [2.75, 3.05) is 0 Å². The number of fused-ring (bicyclic) bond motifs is 1. The molecule has 0 radical (unpaired) electrons. The van der Waals surface area contributed by atoms with Crippen molar-refractivity contribution in [1.29, 1.82) is 0 Å². The van der Waals surface area contributed by atoms with E-state index in [0.29, 0.717) is 5.75 Å². The fraction of sp³-hybridized carbons (Fsp3) is 0. The maximum Gasteiger partial charge on any atom is 0.336 e. The molecular weight excluding hydrogens is 448 g/mol. The van der Waals surface area contributed by atoms with Crippen molar-refractivity contribution in [2.45, 2.75) is 0 Å². The Morgan fingerprint density at radius 2 is 1.36 bits per heavy atom. The molecule has 0 aromatic heterocycles. The van der Waals surface area contributed by atoms with Gasteiger partial charge in [0, 0.05) is 11.5 Å². The quantitative estimate of drug-likeness (QED) is 0.159. The van der Waals surface area contributed by atoms with Crippen LogP contribution in [-0.2, 0) is 4.79 Å². The Labute approximate surface area is 208 Å². The van der Waals surface area contributed by atoms with Crippen molar-refractivity contribution in [2.24, 2.45) is 0 Å². The van der Waals surface area contributed by atoms with Crippen LogP contribution in [0.5, 0.6) is 5.75 Å². The van der Waals surface area contributed by atoms with Gasteiger partial charge in [-0.3, -0.25) is 0 Å². The highest BCUT2D eigenvalue weighted by atomic mass is 16.5. The Morgan fingerprint density at radius 1 is 0.667 bits per heavy atom. The normalized spacial score (nSPS) is 11.0. The molecule has 1 N–H and O–H groups in total. The minimum Gasteiger partial charge on any atom is -0.478 e. The number of carbonyl (C=O) groups is 2. The Morgan fingerprint density at radius 3 is 2.08 bits per heavy atom. The summed E-state index contributed by atoms with van der Waals surface area (Å²) in [6.07, 6.45) is 3.11. The molecule has 0 atom stereocenters. The van der Waals surface area contributed by atoms with Gasteiger partial charge in [0.2, 0.25) is 0 Å². The topological polar surface area (TPSA) is 63.6 Å². The van der Waals surface area contributed by atoms with Crippen LogP contribution >= 0.6 is 0 Å². The molecule has 0 aliphatic carbocycles. The molecule has 0 amide bonds. The van der Waals surface area contributed by atoms with E-state index in [9.17, 15) is 14.7 Å². The van der Waals surface area contributed by atoms with Crippen LogP contribution in [0.25, 0.3) is 39.1 Å². The van der Waals surface area contributed by atoms with Gasteiger partial charge in [0.15, 0.2) is 0 Å². The van der Waals surface area contributed by atoms with E-state index in [4.69, 9.17) is 4.74 Å². The number of carbonyl (C=O) groups excluding carboxylic acids is 1. The van der Waals surface area contributed by atoms with E-state index >= 15 is 0 Å². The zero-order valence-corrected chi connectivity index (χ0v) is 19.3. The third-order valence-corrected chi connectivity index (χ3v) is 5.93. The minimum atomic E-state index is -1.01. The second-order valence-corrected chi connectivity index (χ2v) is 8.26. The second-order valence-electron chi connectivity index (χ2n) is 8.26. The van der Waals surface area contributed by atoms with Crippen molar-refractivity contribution in [1.82, 2.24) is 0 Å². The summed E-state index contributed by atoms with van der Waals surface area (Å²) in [4.78, 5) is 24.5. The molecule has 0 saturated heterocycles. The summed E-state index contributed by atoms with van der Waals surface area (Å²) in [5.74, 6) is -1.09. The molecule has 4 nitrogen and oxygen atoms in total. The number of aromatic carboxylic acids is 1. The lowest BCUT2D eigenvalue weighted by Gasteiger charge is -2.16. The van der Waals surface area contributed by atoms with E-state index in [1.165, 1.54) is 6.08 Å². The lowest BCUT2D eigenvalue weighted by atomic mass is 9.90. The van der Waals surface area contributed by atoms with E-state index in [1.54, 1.807) is 24.3 Å². The number of benzene rings is 5. The highest BCUT2D eigenvalue weighted by Gasteiger charge is 2.17. The Balaban J connectivity index is 1.64. The average Bonchev–Trinajstić information content (AvgIpc) is 2.92. The molecule has 36 heavy (non-hydrogen) atoms. The van der Waals surface area contributed by atoms with Gasteiger partial charge >= 0.3 is 11.9 Å². The van der Waals surface area contributed by atoms with Gasteiger partial charge in [-0.25, -0.2) is 9.59 Å². The summed E-state index contributed by atoms with van der Waals surface area (Å²) < 4.78 is 5.79. The summed E-state index contributed by atoms with van der Waals surface area (Å²) >= 11 is 0. The van der Waals surface area contributed by atoms with Gasteiger partial charge in [-0.1, -0.05) is 97.1 Å². The van der Waals surface area contributed by atoms with E-state index in [-0.39, 0.29) is 5.56 Å². The first-order chi connectivity index (χ1) is 17.6. The van der Waals surface area contributed by atoms with Crippen LogP contribution in [0.15, 0.2) is 121 Å². The van der Waals surface area contributed by atoms with Crippen LogP contribution in [0.1, 0.15) is 15.9 Å². The van der Waals surface area contributed by atoms with Crippen molar-refractivity contribution in [3.8, 4) is 28.0 Å². The van der Waals surface area contributed by atoms with Crippen LogP contribution in [-0.4, -0.2) is 17.0 Å². The van der Waals surface area contributed by atoms with Crippen LogP contribution < -0.4 is 4.74 Å². The summed E-state index contributed by atoms with van der Waals surface area (Å²) in [5.41, 5.74) is 4.45. The second kappa shape index (κ2) is 10.1. The summed E-state index contributed by atoms with van der Waals surface area (Å²) in [6, 6.07) is 35.7. The van der Waals surface area contributed by atoms with Gasteiger partial charge in [0.25, 0.3) is 0 Å². The maximum absolute atomic E-state index is 12.7. The molecule has 174 valence electrons. The van der Waals surface area contributed by atoms with Crippen LogP contribution in [0.2, 0.25) is 0 Å². The summed E-state index contributed by atoms with van der Waals surface area (Å²) in [7, 11) is 0. The largest absolute Gasteiger partial charge is 0.478 e. The van der Waals surface area contributed by atoms with Gasteiger partial charge in [0.05, 0.1) is 5.56 Å². The number of ether oxygens (including phenoxy) is 1. The predicted octanol–water partition coefficient (Wildman–Crippen LogP) is 7.49. The fourth-order valence-electron chi connectivity index (χ4n) is 4.26. The molecule has 0 unspecified atom stereocenters. The van der Waals surface area contributed by atoms with E-state index < -0.39 is 11.9 Å². The monoisotopic (exact) mass is 470 g/mol. The molecule has 5 aromatic rings. The third kappa shape index (κ3) is 4.79. The zero-order chi connectivity index (χ0) is 24.9. The predicted molar refractivity (Wildman–Crippen MR) is 143 cm³/mol. The molecular formula is C32H22O4. The maximum atomic E-state index is 12.7. The molecule has 0 bridgehead atoms. The zero-order valence-electron chi connectivity index (χ0n) is 19.3. The molecule has 0 spiro atoms. The van der Waals surface area contributed by atoms with Crippen LogP contribution in [0.4, 0.5) is 0 Å². The summed E-state index contributed by atoms with van der Waals surface area (Å²) in [6.45, 7) is 0. The number of esters is 1. The standard InChI is InChI=1S/C32H22O4/c33-30(20-17-22-9-3-1-4-10-22)36-29-16-8-14-24-13-7-15-27(31(24)29)28-21-25(32(34)35)18-19-26(28)23-11-5-2-6-12-23/h1-21H,(H,34,35). The SMILES string of the molecule is O=C(C=Cc1ccccc1)Oc1cccc2cccc(-c3cc(C(=O)O)ccc3-c3ccccc3)c12. The van der Waals surface area contributed by atoms with E-state index in [2.05, 4.69) is 0 Å². The van der Waals surface area contributed by atoms with Crippen molar-refractivity contribution in [3.05, 3.63) is 132 Å². The number of hydrogen-bond acceptors (Lipinski definition) is 3. The molecule has 4 heteroatoms. The minimum absolute atomic E-state index is 0.182. The van der Waals surface area contributed by atoms with Gasteiger partial charge in [-0.05, 0) is 57.5 Å². The molecule has 0 fully saturated rings. The summed E-state index contributed by atoms with van der Waals surface area (Å²) in [5, 5.41) is 11.3. The first kappa shape index (κ1) is 22.8. The van der Waals surface area contributed by atoms with Crippen LogP contribution in [0, 0.1) is 0 Å². The first-order valence-electron chi connectivity index (χ1n) is 11.5. The lowest BCUT2D eigenvalue weighted by Crippen LogP contribution is -2.04. The highest BCUT2D eigenvalue weighted by molar-refractivity contribution is 6.06. The van der Waals surface area contributed by atoms with Crippen molar-refractivity contribution < 1.29 is 19.4 Å². The Hall–Kier alpha value is -4.96.